The van der Waals surface area contributed by atoms with Crippen LogP contribution in [-0.4, -0.2) is 44.2 Å². The molecule has 2 heterocycles. The topological polar surface area (TPSA) is 38.8 Å². The molecule has 0 spiro atoms. The van der Waals surface area contributed by atoms with E-state index in [-0.39, 0.29) is 5.91 Å². The first-order valence-electron chi connectivity index (χ1n) is 10.5. The lowest BCUT2D eigenvalue weighted by Crippen LogP contribution is -2.48. The van der Waals surface area contributed by atoms with Gasteiger partial charge in [0.2, 0.25) is 0 Å². The molecule has 0 aromatic heterocycles. The van der Waals surface area contributed by atoms with Crippen molar-refractivity contribution in [3.05, 3.63) is 70.8 Å². The second-order valence-electron chi connectivity index (χ2n) is 8.41. The Bertz CT molecular complexity index is 909. The molecule has 2 aromatic carbocycles. The summed E-state index contributed by atoms with van der Waals surface area (Å²) in [5.41, 5.74) is 1.40. The molecular weight excluding hydrogens is 407 g/mol. The Morgan fingerprint density at radius 3 is 2.35 bits per heavy atom. The van der Waals surface area contributed by atoms with E-state index in [2.05, 4.69) is 0 Å². The number of amides is 1. The molecule has 2 aliphatic heterocycles. The van der Waals surface area contributed by atoms with Gasteiger partial charge >= 0.3 is 6.18 Å². The summed E-state index contributed by atoms with van der Waals surface area (Å²) in [5.74, 6) is 0.359. The molecular formula is C24H26F3NO3. The Balaban J connectivity index is 1.34. The fourth-order valence-corrected chi connectivity index (χ4v) is 4.31. The standard InChI is InChI=1S/C24H26F3NO3/c1-30-23(15-31-16-23)21-4-2-3-19(14-21)22(29)28-11-9-18(10-12-28)13-17-5-7-20(8-6-17)24(25,26)27/h2-8,14,18H,9-13,15-16H2,1H3. The molecule has 2 fully saturated rings. The first-order valence-corrected chi connectivity index (χ1v) is 10.5. The van der Waals surface area contributed by atoms with Gasteiger partial charge in [0.1, 0.15) is 5.60 Å². The molecule has 2 aliphatic rings. The molecule has 31 heavy (non-hydrogen) atoms. The predicted molar refractivity (Wildman–Crippen MR) is 110 cm³/mol. The van der Waals surface area contributed by atoms with Crippen molar-refractivity contribution in [1.29, 1.82) is 0 Å². The van der Waals surface area contributed by atoms with E-state index >= 15 is 0 Å². The van der Waals surface area contributed by atoms with E-state index in [1.54, 1.807) is 19.2 Å². The minimum atomic E-state index is -4.31. The summed E-state index contributed by atoms with van der Waals surface area (Å²) in [5, 5.41) is 0. The number of piperidine rings is 1. The highest BCUT2D eigenvalue weighted by Gasteiger charge is 2.41. The van der Waals surface area contributed by atoms with E-state index < -0.39 is 17.3 Å². The maximum absolute atomic E-state index is 13.0. The van der Waals surface area contributed by atoms with Gasteiger partial charge in [0, 0.05) is 25.8 Å². The van der Waals surface area contributed by atoms with Crippen molar-refractivity contribution < 1.29 is 27.4 Å². The molecule has 0 N–H and O–H groups in total. The van der Waals surface area contributed by atoms with Gasteiger partial charge in [0.05, 0.1) is 18.8 Å². The smallest absolute Gasteiger partial charge is 0.375 e. The number of alkyl halides is 3. The summed E-state index contributed by atoms with van der Waals surface area (Å²) in [6.45, 7) is 2.26. The van der Waals surface area contributed by atoms with Crippen LogP contribution >= 0.6 is 0 Å². The number of halogens is 3. The predicted octanol–water partition coefficient (Wildman–Crippen LogP) is 4.67. The lowest BCUT2D eigenvalue weighted by Gasteiger charge is -2.40. The Morgan fingerprint density at radius 1 is 1.13 bits per heavy atom. The normalized spacial score (nSPS) is 19.2. The fraction of sp³-hybridized carbons (Fsp3) is 0.458. The van der Waals surface area contributed by atoms with Gasteiger partial charge in [-0.15, -0.1) is 0 Å². The van der Waals surface area contributed by atoms with Crippen LogP contribution in [0.5, 0.6) is 0 Å². The van der Waals surface area contributed by atoms with E-state index in [1.807, 2.05) is 29.2 Å². The maximum Gasteiger partial charge on any atom is 0.416 e. The highest BCUT2D eigenvalue weighted by Crippen LogP contribution is 2.34. The Labute approximate surface area is 180 Å². The van der Waals surface area contributed by atoms with Gasteiger partial charge in [0.25, 0.3) is 5.91 Å². The van der Waals surface area contributed by atoms with Crippen LogP contribution in [0.1, 0.15) is 39.9 Å². The summed E-state index contributed by atoms with van der Waals surface area (Å²) < 4.78 is 49.1. The van der Waals surface area contributed by atoms with Crippen molar-refractivity contribution in [1.82, 2.24) is 4.90 Å². The maximum atomic E-state index is 13.0. The minimum Gasteiger partial charge on any atom is -0.375 e. The number of hydrogen-bond donors (Lipinski definition) is 0. The van der Waals surface area contributed by atoms with E-state index in [0.717, 1.165) is 42.5 Å². The molecule has 2 aromatic rings. The van der Waals surface area contributed by atoms with Crippen LogP contribution in [0.3, 0.4) is 0 Å². The molecule has 0 bridgehead atoms. The average Bonchev–Trinajstić information content (AvgIpc) is 2.73. The lowest BCUT2D eigenvalue weighted by molar-refractivity contribution is -0.202. The van der Waals surface area contributed by atoms with Crippen LogP contribution in [0, 0.1) is 5.92 Å². The fourth-order valence-electron chi connectivity index (χ4n) is 4.31. The highest BCUT2D eigenvalue weighted by molar-refractivity contribution is 5.94. The largest absolute Gasteiger partial charge is 0.416 e. The van der Waals surface area contributed by atoms with Crippen molar-refractivity contribution >= 4 is 5.91 Å². The van der Waals surface area contributed by atoms with Crippen LogP contribution in [0.4, 0.5) is 13.2 Å². The van der Waals surface area contributed by atoms with Crippen LogP contribution in [-0.2, 0) is 27.7 Å². The van der Waals surface area contributed by atoms with Crippen molar-refractivity contribution in [2.75, 3.05) is 33.4 Å². The van der Waals surface area contributed by atoms with Crippen LogP contribution < -0.4 is 0 Å². The molecule has 0 aliphatic carbocycles. The minimum absolute atomic E-state index is 0.00123. The van der Waals surface area contributed by atoms with Gasteiger partial charge in [-0.25, -0.2) is 0 Å². The van der Waals surface area contributed by atoms with E-state index in [0.29, 0.717) is 37.8 Å². The molecule has 4 nitrogen and oxygen atoms in total. The van der Waals surface area contributed by atoms with Crippen LogP contribution in [0.25, 0.3) is 0 Å². The molecule has 0 unspecified atom stereocenters. The number of rotatable bonds is 5. The third kappa shape index (κ3) is 4.62. The number of hydrogen-bond acceptors (Lipinski definition) is 3. The summed E-state index contributed by atoms with van der Waals surface area (Å²) in [4.78, 5) is 14.9. The zero-order valence-electron chi connectivity index (χ0n) is 17.5. The summed E-state index contributed by atoms with van der Waals surface area (Å²) >= 11 is 0. The molecule has 2 saturated heterocycles. The third-order valence-corrected chi connectivity index (χ3v) is 6.40. The van der Waals surface area contributed by atoms with Crippen molar-refractivity contribution in [2.24, 2.45) is 5.92 Å². The highest BCUT2D eigenvalue weighted by atomic mass is 19.4. The summed E-state index contributed by atoms with van der Waals surface area (Å²) in [6.07, 6.45) is -1.91. The number of methoxy groups -OCH3 is 1. The zero-order valence-corrected chi connectivity index (χ0v) is 17.5. The Hall–Kier alpha value is -2.38. The van der Waals surface area contributed by atoms with Gasteiger partial charge in [-0.1, -0.05) is 24.3 Å². The molecule has 166 valence electrons. The Morgan fingerprint density at radius 2 is 1.81 bits per heavy atom. The van der Waals surface area contributed by atoms with E-state index in [1.165, 1.54) is 0 Å². The average molecular weight is 433 g/mol. The molecule has 1 amide bonds. The molecule has 0 atom stereocenters. The van der Waals surface area contributed by atoms with Gasteiger partial charge in [-0.2, -0.15) is 13.2 Å². The van der Waals surface area contributed by atoms with Gasteiger partial charge in [-0.3, -0.25) is 4.79 Å². The summed E-state index contributed by atoms with van der Waals surface area (Å²) in [6, 6.07) is 12.9. The second kappa shape index (κ2) is 8.63. The number of benzene rings is 2. The number of carbonyl (C=O) groups excluding carboxylic acids is 1. The second-order valence-corrected chi connectivity index (χ2v) is 8.41. The Kier molecular flexibility index (Phi) is 6.08. The van der Waals surface area contributed by atoms with Crippen molar-refractivity contribution in [3.63, 3.8) is 0 Å². The number of carbonyl (C=O) groups is 1. The monoisotopic (exact) mass is 433 g/mol. The van der Waals surface area contributed by atoms with E-state index in [4.69, 9.17) is 9.47 Å². The van der Waals surface area contributed by atoms with Crippen molar-refractivity contribution in [2.45, 2.75) is 31.0 Å². The van der Waals surface area contributed by atoms with Crippen molar-refractivity contribution in [3.8, 4) is 0 Å². The molecule has 0 saturated carbocycles. The quantitative estimate of drug-likeness (QED) is 0.688. The molecule has 7 heteroatoms. The van der Waals surface area contributed by atoms with Crippen LogP contribution in [0.2, 0.25) is 0 Å². The summed E-state index contributed by atoms with van der Waals surface area (Å²) in [7, 11) is 1.65. The van der Waals surface area contributed by atoms with E-state index in [9.17, 15) is 18.0 Å². The molecule has 4 rings (SSSR count). The number of nitrogens with zero attached hydrogens (tertiary/aromatic N) is 1. The zero-order chi connectivity index (χ0) is 22.1. The number of likely N-dealkylation sites (tertiary alicyclic amines) is 1. The van der Waals surface area contributed by atoms with Crippen LogP contribution in [0.15, 0.2) is 48.5 Å². The first-order chi connectivity index (χ1) is 14.8. The van der Waals surface area contributed by atoms with Gasteiger partial charge in [0.15, 0.2) is 0 Å². The first kappa shape index (κ1) is 21.8. The van der Waals surface area contributed by atoms with Gasteiger partial charge < -0.3 is 14.4 Å². The number of ether oxygens (including phenoxy) is 2. The third-order valence-electron chi connectivity index (χ3n) is 6.40. The lowest BCUT2D eigenvalue weighted by atomic mass is 9.89. The SMILES string of the molecule is COC1(c2cccc(C(=O)N3CCC(Cc4ccc(C(F)(F)F)cc4)CC3)c2)COC1. The van der Waals surface area contributed by atoms with Gasteiger partial charge in [-0.05, 0) is 60.6 Å². The molecule has 0 radical (unpaired) electrons.